The lowest BCUT2D eigenvalue weighted by Crippen LogP contribution is -2.57. The second-order valence-corrected chi connectivity index (χ2v) is 8.21. The molecule has 1 atom stereocenters. The fourth-order valence-electron chi connectivity index (χ4n) is 3.15. The fraction of sp³-hybridized carbons (Fsp3) is 0.857. The van der Waals surface area contributed by atoms with Crippen molar-refractivity contribution in [2.75, 3.05) is 39.3 Å². The predicted octanol–water partition coefficient (Wildman–Crippen LogP) is -0.692. The molecule has 10 heteroatoms. The summed E-state index contributed by atoms with van der Waals surface area (Å²) in [6, 6.07) is -1.41. The zero-order valence-electron chi connectivity index (χ0n) is 14.1. The monoisotopic (exact) mass is 361 g/mol. The maximum atomic E-state index is 12.7. The van der Waals surface area contributed by atoms with Crippen molar-refractivity contribution in [3.63, 3.8) is 0 Å². The van der Waals surface area contributed by atoms with Crippen LogP contribution in [0.15, 0.2) is 0 Å². The molecule has 3 amide bonds. The molecule has 2 aliphatic rings. The van der Waals surface area contributed by atoms with Crippen molar-refractivity contribution in [3.05, 3.63) is 0 Å². The van der Waals surface area contributed by atoms with E-state index >= 15 is 0 Å². The summed E-state index contributed by atoms with van der Waals surface area (Å²) in [5.41, 5.74) is 4.95. The van der Waals surface area contributed by atoms with Crippen molar-refractivity contribution in [1.82, 2.24) is 18.8 Å². The van der Waals surface area contributed by atoms with Crippen LogP contribution in [0.3, 0.4) is 0 Å². The summed E-state index contributed by atoms with van der Waals surface area (Å²) in [5.74, 6) is -0.466. The van der Waals surface area contributed by atoms with Gasteiger partial charge in [0.1, 0.15) is 0 Å². The normalized spacial score (nSPS) is 23.4. The number of carbonyl (C=O) groups excluding carboxylic acids is 2. The molecule has 3 N–H and O–H groups in total. The van der Waals surface area contributed by atoms with Gasteiger partial charge in [0.2, 0.25) is 5.91 Å². The average Bonchev–Trinajstić information content (AvgIpc) is 2.83. The van der Waals surface area contributed by atoms with Crippen LogP contribution in [0.2, 0.25) is 0 Å². The van der Waals surface area contributed by atoms with E-state index in [0.29, 0.717) is 39.3 Å². The maximum absolute atomic E-state index is 12.7. The highest BCUT2D eigenvalue weighted by Crippen LogP contribution is 2.18. The number of primary amides is 1. The van der Waals surface area contributed by atoms with Gasteiger partial charge >= 0.3 is 6.03 Å². The lowest BCUT2D eigenvalue weighted by Gasteiger charge is -2.38. The van der Waals surface area contributed by atoms with Crippen LogP contribution in [0.1, 0.15) is 32.6 Å². The van der Waals surface area contributed by atoms with E-state index in [0.717, 1.165) is 25.7 Å². The summed E-state index contributed by atoms with van der Waals surface area (Å²) in [4.78, 5) is 24.4. The number of imide groups is 1. The van der Waals surface area contributed by atoms with Crippen LogP contribution in [0, 0.1) is 0 Å². The van der Waals surface area contributed by atoms with E-state index in [1.54, 1.807) is 11.2 Å². The molecule has 9 nitrogen and oxygen atoms in total. The van der Waals surface area contributed by atoms with Crippen molar-refractivity contribution in [2.24, 2.45) is 5.73 Å². The summed E-state index contributed by atoms with van der Waals surface area (Å²) in [6.07, 6.45) is 3.96. The Labute approximate surface area is 143 Å². The lowest BCUT2D eigenvalue weighted by molar-refractivity contribution is -0.125. The van der Waals surface area contributed by atoms with Gasteiger partial charge in [-0.3, -0.25) is 15.0 Å². The van der Waals surface area contributed by atoms with Gasteiger partial charge in [0, 0.05) is 39.3 Å². The van der Waals surface area contributed by atoms with Gasteiger partial charge < -0.3 is 5.73 Å². The van der Waals surface area contributed by atoms with Crippen molar-refractivity contribution in [1.29, 1.82) is 0 Å². The Hall–Kier alpha value is -1.23. The highest BCUT2D eigenvalue weighted by atomic mass is 32.2. The van der Waals surface area contributed by atoms with Crippen LogP contribution < -0.4 is 11.1 Å². The third kappa shape index (κ3) is 4.65. The highest BCUT2D eigenvalue weighted by Gasteiger charge is 2.34. The number of hydrogen-bond acceptors (Lipinski definition) is 5. The summed E-state index contributed by atoms with van der Waals surface area (Å²) in [5, 5.41) is 2.06. The van der Waals surface area contributed by atoms with Gasteiger partial charge in [-0.05, 0) is 19.8 Å². The second kappa shape index (κ2) is 8.24. The third-order valence-corrected chi connectivity index (χ3v) is 6.70. The first kappa shape index (κ1) is 19.1. The lowest BCUT2D eigenvalue weighted by atomic mass is 10.2. The maximum Gasteiger partial charge on any atom is 0.318 e. The van der Waals surface area contributed by atoms with Crippen LogP contribution in [-0.2, 0) is 15.0 Å². The van der Waals surface area contributed by atoms with Gasteiger partial charge in [0.05, 0.1) is 6.04 Å². The molecule has 138 valence electrons. The average molecular weight is 361 g/mol. The zero-order valence-corrected chi connectivity index (χ0v) is 14.9. The standard InChI is InChI=1S/C14H27N5O4S/c1-12(13(20)16-14(15)21)17-8-10-19(11-9-17)24(22,23)18-6-4-2-3-5-7-18/h12H,2-11H2,1H3,(H3,15,16,20,21)/t12-/m1/s1. The minimum absolute atomic E-state index is 0.340. The molecular formula is C14H27N5O4S. The molecule has 0 spiro atoms. The highest BCUT2D eigenvalue weighted by molar-refractivity contribution is 7.86. The minimum Gasteiger partial charge on any atom is -0.351 e. The van der Waals surface area contributed by atoms with Gasteiger partial charge in [-0.25, -0.2) is 4.79 Å². The molecule has 0 saturated carbocycles. The van der Waals surface area contributed by atoms with Crippen molar-refractivity contribution >= 4 is 22.1 Å². The molecule has 0 aromatic heterocycles. The van der Waals surface area contributed by atoms with Crippen LogP contribution in [0.25, 0.3) is 0 Å². The first-order chi connectivity index (χ1) is 11.3. The number of amides is 3. The van der Waals surface area contributed by atoms with E-state index in [9.17, 15) is 18.0 Å². The Morgan fingerprint density at radius 3 is 1.92 bits per heavy atom. The number of carbonyl (C=O) groups is 2. The number of rotatable bonds is 4. The number of nitrogens with one attached hydrogen (secondary N) is 1. The Kier molecular flexibility index (Phi) is 6.55. The Bertz CT molecular complexity index is 552. The molecule has 0 unspecified atom stereocenters. The quantitative estimate of drug-likeness (QED) is 0.687. The molecule has 2 saturated heterocycles. The number of nitrogens with two attached hydrogens (primary N) is 1. The number of urea groups is 1. The van der Waals surface area contributed by atoms with E-state index in [1.165, 1.54) is 4.31 Å². The smallest absolute Gasteiger partial charge is 0.318 e. The van der Waals surface area contributed by atoms with Crippen molar-refractivity contribution in [3.8, 4) is 0 Å². The molecule has 2 heterocycles. The minimum atomic E-state index is -3.43. The molecular weight excluding hydrogens is 334 g/mol. The van der Waals surface area contributed by atoms with Gasteiger partial charge in [0.15, 0.2) is 0 Å². The molecule has 2 aliphatic heterocycles. The first-order valence-electron chi connectivity index (χ1n) is 8.42. The number of nitrogens with zero attached hydrogens (tertiary/aromatic N) is 3. The van der Waals surface area contributed by atoms with E-state index in [1.807, 2.05) is 4.90 Å². The Morgan fingerprint density at radius 2 is 1.42 bits per heavy atom. The first-order valence-corrected chi connectivity index (χ1v) is 9.81. The van der Waals surface area contributed by atoms with Gasteiger partial charge in [-0.1, -0.05) is 12.8 Å². The molecule has 0 aromatic carbocycles. The molecule has 2 rings (SSSR count). The summed E-state index contributed by atoms with van der Waals surface area (Å²) >= 11 is 0. The molecule has 2 fully saturated rings. The molecule has 0 aliphatic carbocycles. The second-order valence-electron chi connectivity index (χ2n) is 6.29. The topological polar surface area (TPSA) is 116 Å². The number of hydrogen-bond donors (Lipinski definition) is 2. The molecule has 0 radical (unpaired) electrons. The van der Waals surface area contributed by atoms with E-state index in [4.69, 9.17) is 5.73 Å². The molecule has 0 aromatic rings. The largest absolute Gasteiger partial charge is 0.351 e. The van der Waals surface area contributed by atoms with Gasteiger partial charge in [0.25, 0.3) is 10.2 Å². The summed E-state index contributed by atoms with van der Waals surface area (Å²) < 4.78 is 28.6. The van der Waals surface area contributed by atoms with Crippen LogP contribution in [0.4, 0.5) is 4.79 Å². The van der Waals surface area contributed by atoms with Crippen molar-refractivity contribution in [2.45, 2.75) is 38.6 Å². The fourth-order valence-corrected chi connectivity index (χ4v) is 4.82. The van der Waals surface area contributed by atoms with E-state index in [2.05, 4.69) is 5.32 Å². The molecule has 0 bridgehead atoms. The van der Waals surface area contributed by atoms with Crippen LogP contribution >= 0.6 is 0 Å². The van der Waals surface area contributed by atoms with Crippen LogP contribution in [0.5, 0.6) is 0 Å². The predicted molar refractivity (Wildman–Crippen MR) is 89.3 cm³/mol. The van der Waals surface area contributed by atoms with E-state index in [-0.39, 0.29) is 0 Å². The Morgan fingerprint density at radius 1 is 0.917 bits per heavy atom. The van der Waals surface area contributed by atoms with Crippen molar-refractivity contribution < 1.29 is 18.0 Å². The third-order valence-electron chi connectivity index (χ3n) is 4.66. The summed E-state index contributed by atoms with van der Waals surface area (Å²) in [7, 11) is -3.43. The summed E-state index contributed by atoms with van der Waals surface area (Å²) in [6.45, 7) is 4.41. The SMILES string of the molecule is C[C@H](C(=O)NC(N)=O)N1CCN(S(=O)(=O)N2CCCCCC2)CC1. The van der Waals surface area contributed by atoms with E-state index < -0.39 is 28.2 Å². The molecule has 24 heavy (non-hydrogen) atoms. The van der Waals surface area contributed by atoms with Gasteiger partial charge in [-0.15, -0.1) is 0 Å². The zero-order chi connectivity index (χ0) is 17.7. The van der Waals surface area contributed by atoms with Crippen LogP contribution in [-0.4, -0.2) is 79.2 Å². The Balaban J connectivity index is 1.91. The van der Waals surface area contributed by atoms with Gasteiger partial charge in [-0.2, -0.15) is 17.0 Å². The number of piperazine rings is 1.